The number of hydrogen-bond acceptors (Lipinski definition) is 8. The van der Waals surface area contributed by atoms with E-state index in [9.17, 15) is 0 Å². The Balaban J connectivity index is 1.39. The van der Waals surface area contributed by atoms with Crippen LogP contribution in [0.2, 0.25) is 0 Å². The zero-order valence-corrected chi connectivity index (χ0v) is 25.2. The molecule has 8 heteroatoms. The molecule has 230 valence electrons. The summed E-state index contributed by atoms with van der Waals surface area (Å²) in [5.74, 6) is -2.17. The molecule has 0 spiro atoms. The standard InChI is InChI=1S/C38H32N2O6/c41-33-29-5-1-2-6-30(29)34(42)37(33,25-9-13-27(14-10-25)39-17-21-45-22-18-39)38(35(43)31-7-3-4-8-32(31)36(38)44)26-11-15-28(16-12-26)40-19-23-46-24-20-40/h1-16H,17-24H2. The highest BCUT2D eigenvalue weighted by Gasteiger charge is 2.75. The van der Waals surface area contributed by atoms with Crippen molar-refractivity contribution in [2.75, 3.05) is 62.4 Å². The second kappa shape index (κ2) is 10.9. The molecule has 0 amide bonds. The fourth-order valence-electron chi connectivity index (χ4n) is 7.90. The van der Waals surface area contributed by atoms with E-state index in [1.54, 1.807) is 72.8 Å². The van der Waals surface area contributed by atoms with Crippen molar-refractivity contribution in [1.82, 2.24) is 0 Å². The summed E-state index contributed by atoms with van der Waals surface area (Å²) in [7, 11) is 0. The van der Waals surface area contributed by atoms with Gasteiger partial charge in [0.05, 0.1) is 26.4 Å². The first-order chi connectivity index (χ1) is 22.5. The maximum absolute atomic E-state index is 15.1. The van der Waals surface area contributed by atoms with Crippen molar-refractivity contribution in [3.8, 4) is 0 Å². The number of carbonyl (C=O) groups excluding carboxylic acids is 4. The van der Waals surface area contributed by atoms with Crippen LogP contribution >= 0.6 is 0 Å². The molecule has 2 aliphatic carbocycles. The minimum Gasteiger partial charge on any atom is -0.378 e. The molecule has 46 heavy (non-hydrogen) atoms. The van der Waals surface area contributed by atoms with Gasteiger partial charge in [-0.2, -0.15) is 0 Å². The average molecular weight is 613 g/mol. The molecule has 4 aromatic carbocycles. The van der Waals surface area contributed by atoms with Crippen LogP contribution in [0.5, 0.6) is 0 Å². The summed E-state index contributed by atoms with van der Waals surface area (Å²) in [5, 5.41) is 0. The molecule has 0 aromatic heterocycles. The summed E-state index contributed by atoms with van der Waals surface area (Å²) in [6.45, 7) is 5.23. The molecule has 0 N–H and O–H groups in total. The normalized spacial score (nSPS) is 20.2. The number of carbonyl (C=O) groups is 4. The number of nitrogens with zero attached hydrogens (tertiary/aromatic N) is 2. The molecule has 0 atom stereocenters. The fraction of sp³-hybridized carbons (Fsp3) is 0.263. The van der Waals surface area contributed by atoms with Crippen molar-refractivity contribution in [2.45, 2.75) is 10.8 Å². The summed E-state index contributed by atoms with van der Waals surface area (Å²) in [4.78, 5) is 64.6. The third-order valence-electron chi connectivity index (χ3n) is 10.1. The molecule has 2 aliphatic heterocycles. The molecule has 8 nitrogen and oxygen atoms in total. The lowest BCUT2D eigenvalue weighted by atomic mass is 9.52. The lowest BCUT2D eigenvalue weighted by molar-refractivity contribution is 0.0557. The van der Waals surface area contributed by atoms with Gasteiger partial charge >= 0.3 is 0 Å². The van der Waals surface area contributed by atoms with E-state index in [1.165, 1.54) is 0 Å². The zero-order chi connectivity index (χ0) is 31.5. The lowest BCUT2D eigenvalue weighted by Crippen LogP contribution is -2.62. The molecule has 8 rings (SSSR count). The van der Waals surface area contributed by atoms with Gasteiger partial charge in [-0.25, -0.2) is 0 Å². The van der Waals surface area contributed by atoms with E-state index < -0.39 is 34.0 Å². The topological polar surface area (TPSA) is 93.2 Å². The van der Waals surface area contributed by atoms with E-state index >= 15 is 19.2 Å². The van der Waals surface area contributed by atoms with Crippen LogP contribution < -0.4 is 9.80 Å². The van der Waals surface area contributed by atoms with E-state index in [-0.39, 0.29) is 22.3 Å². The van der Waals surface area contributed by atoms with Crippen LogP contribution in [-0.4, -0.2) is 75.7 Å². The number of fused-ring (bicyclic) bond motifs is 2. The number of benzene rings is 4. The SMILES string of the molecule is O=C1c2ccccc2C(=O)C1(c1ccc(N2CCOCC2)cc1)C1(c2ccc(N3CCOCC3)cc2)C(=O)c2ccccc2C1=O. The second-order valence-electron chi connectivity index (χ2n) is 12.2. The predicted molar refractivity (Wildman–Crippen MR) is 173 cm³/mol. The van der Waals surface area contributed by atoms with Crippen LogP contribution in [0.1, 0.15) is 52.6 Å². The van der Waals surface area contributed by atoms with Crippen LogP contribution in [0, 0.1) is 0 Å². The number of anilines is 2. The quantitative estimate of drug-likeness (QED) is 0.300. The van der Waals surface area contributed by atoms with E-state index in [1.807, 2.05) is 24.3 Å². The Bertz CT molecular complexity index is 1680. The van der Waals surface area contributed by atoms with E-state index in [4.69, 9.17) is 9.47 Å². The van der Waals surface area contributed by atoms with Crippen LogP contribution in [0.25, 0.3) is 0 Å². The number of Topliss-reactive ketones (excluding diaryl/α,β-unsaturated/α-hetero) is 4. The highest BCUT2D eigenvalue weighted by molar-refractivity contribution is 6.45. The molecule has 0 radical (unpaired) electrons. The highest BCUT2D eigenvalue weighted by atomic mass is 16.5. The van der Waals surface area contributed by atoms with Crippen molar-refractivity contribution < 1.29 is 28.7 Å². The summed E-state index contributed by atoms with van der Waals surface area (Å²) >= 11 is 0. The molecule has 2 fully saturated rings. The average Bonchev–Trinajstić information content (AvgIpc) is 3.49. The maximum Gasteiger partial charge on any atom is 0.183 e. The monoisotopic (exact) mass is 612 g/mol. The Morgan fingerprint density at radius 3 is 0.978 bits per heavy atom. The van der Waals surface area contributed by atoms with Crippen LogP contribution in [0.4, 0.5) is 11.4 Å². The summed E-state index contributed by atoms with van der Waals surface area (Å²) < 4.78 is 11.0. The fourth-order valence-corrected chi connectivity index (χ4v) is 7.90. The van der Waals surface area contributed by atoms with E-state index in [2.05, 4.69) is 9.80 Å². The first kappa shape index (κ1) is 28.5. The largest absolute Gasteiger partial charge is 0.378 e. The van der Waals surface area contributed by atoms with Gasteiger partial charge < -0.3 is 19.3 Å². The van der Waals surface area contributed by atoms with Crippen LogP contribution in [-0.2, 0) is 20.3 Å². The van der Waals surface area contributed by atoms with Crippen molar-refractivity contribution in [1.29, 1.82) is 0 Å². The Morgan fingerprint density at radius 2 is 0.696 bits per heavy atom. The molecular weight excluding hydrogens is 580 g/mol. The minimum absolute atomic E-state index is 0.214. The third kappa shape index (κ3) is 3.80. The van der Waals surface area contributed by atoms with Gasteiger partial charge in [0.15, 0.2) is 23.1 Å². The molecule has 4 aliphatic rings. The van der Waals surface area contributed by atoms with Crippen molar-refractivity contribution in [3.05, 3.63) is 130 Å². The first-order valence-electron chi connectivity index (χ1n) is 15.7. The summed E-state index contributed by atoms with van der Waals surface area (Å²) in [6.07, 6.45) is 0. The predicted octanol–water partition coefficient (Wildman–Crippen LogP) is 4.69. The number of ether oxygens (including phenoxy) is 2. The lowest BCUT2D eigenvalue weighted by Gasteiger charge is -2.42. The molecule has 4 aromatic rings. The van der Waals surface area contributed by atoms with Gasteiger partial charge in [0.25, 0.3) is 0 Å². The highest BCUT2D eigenvalue weighted by Crippen LogP contribution is 2.58. The van der Waals surface area contributed by atoms with E-state index in [0.29, 0.717) is 63.7 Å². The molecule has 0 saturated carbocycles. The van der Waals surface area contributed by atoms with Crippen molar-refractivity contribution in [3.63, 3.8) is 0 Å². The van der Waals surface area contributed by atoms with Crippen molar-refractivity contribution >= 4 is 34.5 Å². The Labute approximate surface area is 266 Å². The van der Waals surface area contributed by atoms with Gasteiger partial charge in [0, 0.05) is 59.8 Å². The summed E-state index contributed by atoms with van der Waals surface area (Å²) in [5.41, 5.74) is -0.998. The van der Waals surface area contributed by atoms with Gasteiger partial charge in [-0.05, 0) is 35.4 Å². The number of morpholine rings is 2. The Morgan fingerprint density at radius 1 is 0.413 bits per heavy atom. The number of ketones is 4. The van der Waals surface area contributed by atoms with Crippen LogP contribution in [0.15, 0.2) is 97.1 Å². The van der Waals surface area contributed by atoms with Gasteiger partial charge in [-0.15, -0.1) is 0 Å². The molecule has 2 saturated heterocycles. The minimum atomic E-state index is -2.16. The third-order valence-corrected chi connectivity index (χ3v) is 10.1. The van der Waals surface area contributed by atoms with Gasteiger partial charge in [-0.3, -0.25) is 19.2 Å². The van der Waals surface area contributed by atoms with Gasteiger partial charge in [0.2, 0.25) is 0 Å². The van der Waals surface area contributed by atoms with Gasteiger partial charge in [-0.1, -0.05) is 72.8 Å². The number of hydrogen-bond donors (Lipinski definition) is 0. The van der Waals surface area contributed by atoms with Gasteiger partial charge in [0.1, 0.15) is 10.8 Å². The zero-order valence-electron chi connectivity index (χ0n) is 25.2. The van der Waals surface area contributed by atoms with Crippen LogP contribution in [0.3, 0.4) is 0 Å². The Kier molecular flexibility index (Phi) is 6.74. The maximum atomic E-state index is 15.1. The molecule has 0 bridgehead atoms. The Hall–Kier alpha value is -4.92. The molecule has 0 unspecified atom stereocenters. The second-order valence-corrected chi connectivity index (χ2v) is 12.2. The molecule has 2 heterocycles. The molecular formula is C38H32N2O6. The first-order valence-corrected chi connectivity index (χ1v) is 15.7. The smallest absolute Gasteiger partial charge is 0.183 e. The van der Waals surface area contributed by atoms with E-state index in [0.717, 1.165) is 11.4 Å². The number of rotatable bonds is 5. The summed E-state index contributed by atoms with van der Waals surface area (Å²) in [6, 6.07) is 27.8. The van der Waals surface area contributed by atoms with Crippen molar-refractivity contribution in [2.24, 2.45) is 0 Å².